The highest BCUT2D eigenvalue weighted by Gasteiger charge is 2.26. The van der Waals surface area contributed by atoms with Gasteiger partial charge < -0.3 is 4.42 Å². The lowest BCUT2D eigenvalue weighted by Crippen LogP contribution is -2.34. The molecular weight excluding hydrogens is 424 g/mol. The Morgan fingerprint density at radius 3 is 2.24 bits per heavy atom. The number of benzene rings is 2. The molecule has 5 aromatic rings. The molecule has 0 spiro atoms. The van der Waals surface area contributed by atoms with Crippen LogP contribution in [0.1, 0.15) is 11.4 Å². The van der Waals surface area contributed by atoms with Crippen molar-refractivity contribution < 1.29 is 4.42 Å². The molecule has 0 aliphatic carbocycles. The van der Waals surface area contributed by atoms with Crippen molar-refractivity contribution in [2.75, 3.05) is 18.1 Å². The molecule has 1 aliphatic rings. The average molecular weight is 449 g/mol. The molecule has 1 aliphatic heterocycles. The Kier molecular flexibility index (Phi) is 5.45. The highest BCUT2D eigenvalue weighted by Crippen LogP contribution is 2.36. The lowest BCUT2D eigenvalue weighted by Gasteiger charge is -2.24. The first-order valence-corrected chi connectivity index (χ1v) is 11.4. The van der Waals surface area contributed by atoms with Gasteiger partial charge in [-0.1, -0.05) is 47.7 Å². The van der Waals surface area contributed by atoms with E-state index in [1.807, 2.05) is 65.9 Å². The zero-order valence-electron chi connectivity index (χ0n) is 18.7. The third kappa shape index (κ3) is 4.13. The highest BCUT2D eigenvalue weighted by atomic mass is 16.3. The number of hydrogen-bond acceptors (Lipinski definition) is 7. The Bertz CT molecular complexity index is 1390. The standard InChI is InChI=1S/C27H24N6O/c1-2-13-26-23(10-1)24-11-7-12-25(27(24)34-26)33-19-22(30-31-33)18-32(16-20-8-3-5-14-28-20)17-21-9-4-6-15-29-21/h1-15,22H,16-19H2. The summed E-state index contributed by atoms with van der Waals surface area (Å²) < 4.78 is 6.20. The summed E-state index contributed by atoms with van der Waals surface area (Å²) in [4.78, 5) is 11.4. The monoisotopic (exact) mass is 448 g/mol. The van der Waals surface area contributed by atoms with E-state index in [4.69, 9.17) is 4.42 Å². The van der Waals surface area contributed by atoms with Crippen LogP contribution in [0.15, 0.2) is 106 Å². The summed E-state index contributed by atoms with van der Waals surface area (Å²) >= 11 is 0. The van der Waals surface area contributed by atoms with Crippen molar-refractivity contribution in [3.63, 3.8) is 0 Å². The molecule has 2 aromatic carbocycles. The maximum Gasteiger partial charge on any atom is 0.160 e. The molecule has 6 rings (SSSR count). The molecule has 0 amide bonds. The van der Waals surface area contributed by atoms with Gasteiger partial charge in [0.2, 0.25) is 0 Å². The number of anilines is 1. The van der Waals surface area contributed by atoms with E-state index in [1.165, 1.54) is 0 Å². The van der Waals surface area contributed by atoms with E-state index in [9.17, 15) is 0 Å². The number of furan rings is 1. The molecule has 4 heterocycles. The second kappa shape index (κ2) is 9.03. The molecule has 0 radical (unpaired) electrons. The molecule has 0 bridgehead atoms. The first-order chi connectivity index (χ1) is 16.8. The lowest BCUT2D eigenvalue weighted by molar-refractivity contribution is 0.238. The van der Waals surface area contributed by atoms with E-state index in [0.717, 1.165) is 58.6 Å². The van der Waals surface area contributed by atoms with E-state index >= 15 is 0 Å². The number of rotatable bonds is 7. The third-order valence-corrected chi connectivity index (χ3v) is 6.06. The molecule has 168 valence electrons. The molecule has 1 unspecified atom stereocenters. The summed E-state index contributed by atoms with van der Waals surface area (Å²) in [6.07, 6.45) is 3.67. The van der Waals surface area contributed by atoms with Gasteiger partial charge in [-0.15, -0.1) is 0 Å². The smallest absolute Gasteiger partial charge is 0.160 e. The summed E-state index contributed by atoms with van der Waals surface area (Å²) in [5, 5.41) is 13.3. The van der Waals surface area contributed by atoms with E-state index in [-0.39, 0.29) is 6.04 Å². The van der Waals surface area contributed by atoms with Crippen molar-refractivity contribution in [1.29, 1.82) is 0 Å². The zero-order valence-corrected chi connectivity index (χ0v) is 18.7. The fourth-order valence-corrected chi connectivity index (χ4v) is 4.51. The Morgan fingerprint density at radius 2 is 1.50 bits per heavy atom. The second-order valence-corrected chi connectivity index (χ2v) is 8.50. The summed E-state index contributed by atoms with van der Waals surface area (Å²) in [5.41, 5.74) is 4.73. The number of aromatic nitrogens is 2. The number of nitrogens with zero attached hydrogens (tertiary/aromatic N) is 6. The minimum atomic E-state index is 0.0343. The van der Waals surface area contributed by atoms with Gasteiger partial charge in [0.1, 0.15) is 17.3 Å². The van der Waals surface area contributed by atoms with Crippen LogP contribution in [0.2, 0.25) is 0 Å². The SMILES string of the molecule is c1ccc(CN(Cc2ccccn2)CC2CN(c3cccc4c3oc3ccccc34)N=N2)nc1. The van der Waals surface area contributed by atoms with Crippen molar-refractivity contribution in [3.05, 3.63) is 103 Å². The van der Waals surface area contributed by atoms with Crippen molar-refractivity contribution >= 4 is 27.6 Å². The van der Waals surface area contributed by atoms with Crippen molar-refractivity contribution in [1.82, 2.24) is 14.9 Å². The first-order valence-electron chi connectivity index (χ1n) is 11.4. The van der Waals surface area contributed by atoms with Crippen LogP contribution >= 0.6 is 0 Å². The largest absolute Gasteiger partial charge is 0.454 e. The van der Waals surface area contributed by atoms with Crippen molar-refractivity contribution in [2.45, 2.75) is 19.1 Å². The van der Waals surface area contributed by atoms with Gasteiger partial charge >= 0.3 is 0 Å². The maximum atomic E-state index is 6.20. The van der Waals surface area contributed by atoms with E-state index in [2.05, 4.69) is 55.5 Å². The molecule has 0 N–H and O–H groups in total. The molecular formula is C27H24N6O. The van der Waals surface area contributed by atoms with Crippen molar-refractivity contribution in [2.24, 2.45) is 10.3 Å². The maximum absolute atomic E-state index is 6.20. The summed E-state index contributed by atoms with van der Waals surface area (Å²) in [6, 6.07) is 26.4. The van der Waals surface area contributed by atoms with Crippen LogP contribution < -0.4 is 5.01 Å². The number of para-hydroxylation sites is 2. The molecule has 7 heteroatoms. The third-order valence-electron chi connectivity index (χ3n) is 6.06. The van der Waals surface area contributed by atoms with Crippen LogP contribution in [0, 0.1) is 0 Å². The molecule has 1 atom stereocenters. The van der Waals surface area contributed by atoms with Gasteiger partial charge in [0.05, 0.1) is 17.9 Å². The van der Waals surface area contributed by atoms with Crippen molar-refractivity contribution in [3.8, 4) is 0 Å². The second-order valence-electron chi connectivity index (χ2n) is 8.50. The quantitative estimate of drug-likeness (QED) is 0.323. The molecule has 0 saturated heterocycles. The van der Waals surface area contributed by atoms with Crippen LogP contribution in [0.25, 0.3) is 21.9 Å². The minimum Gasteiger partial charge on any atom is -0.454 e. The van der Waals surface area contributed by atoms with E-state index < -0.39 is 0 Å². The Balaban J connectivity index is 1.22. The topological polar surface area (TPSA) is 70.1 Å². The predicted molar refractivity (Wildman–Crippen MR) is 132 cm³/mol. The molecule has 0 saturated carbocycles. The van der Waals surface area contributed by atoms with Gasteiger partial charge in [0.25, 0.3) is 0 Å². The number of pyridine rings is 2. The van der Waals surface area contributed by atoms with Gasteiger partial charge in [-0.3, -0.25) is 14.9 Å². The Hall–Kier alpha value is -4.10. The van der Waals surface area contributed by atoms with E-state index in [1.54, 1.807) is 0 Å². The van der Waals surface area contributed by atoms with Gasteiger partial charge in [-0.25, -0.2) is 5.01 Å². The highest BCUT2D eigenvalue weighted by molar-refractivity contribution is 6.08. The lowest BCUT2D eigenvalue weighted by atomic mass is 10.1. The summed E-state index contributed by atoms with van der Waals surface area (Å²) in [6.45, 7) is 2.89. The normalized spacial score (nSPS) is 15.7. The summed E-state index contributed by atoms with van der Waals surface area (Å²) in [7, 11) is 0. The number of fused-ring (bicyclic) bond motifs is 3. The average Bonchev–Trinajstić information content (AvgIpc) is 3.50. The zero-order chi connectivity index (χ0) is 22.7. The predicted octanol–water partition coefficient (Wildman–Crippen LogP) is 5.63. The van der Waals surface area contributed by atoms with Crippen LogP contribution in [0.4, 0.5) is 5.69 Å². The molecule has 0 fully saturated rings. The van der Waals surface area contributed by atoms with Crippen LogP contribution in [-0.2, 0) is 13.1 Å². The molecule has 3 aromatic heterocycles. The Labute approximate surface area is 197 Å². The number of hydrogen-bond donors (Lipinski definition) is 0. The van der Waals surface area contributed by atoms with Gasteiger partial charge in [-0.05, 0) is 36.4 Å². The molecule has 34 heavy (non-hydrogen) atoms. The van der Waals surface area contributed by atoms with Crippen LogP contribution in [0.5, 0.6) is 0 Å². The van der Waals surface area contributed by atoms with Crippen LogP contribution in [-0.4, -0.2) is 34.0 Å². The fourth-order valence-electron chi connectivity index (χ4n) is 4.51. The minimum absolute atomic E-state index is 0.0343. The van der Waals surface area contributed by atoms with Gasteiger partial charge in [0, 0.05) is 42.8 Å². The van der Waals surface area contributed by atoms with Gasteiger partial charge in [0.15, 0.2) is 5.58 Å². The van der Waals surface area contributed by atoms with E-state index in [0.29, 0.717) is 6.54 Å². The summed E-state index contributed by atoms with van der Waals surface area (Å²) in [5.74, 6) is 0. The fraction of sp³-hybridized carbons (Fsp3) is 0.185. The molecule has 7 nitrogen and oxygen atoms in total. The van der Waals surface area contributed by atoms with Crippen LogP contribution in [0.3, 0.4) is 0 Å². The van der Waals surface area contributed by atoms with Gasteiger partial charge in [-0.2, -0.15) is 5.11 Å². The first kappa shape index (κ1) is 20.5. The Morgan fingerprint density at radius 1 is 0.794 bits per heavy atom.